The van der Waals surface area contributed by atoms with Gasteiger partial charge in [0.25, 0.3) is 0 Å². The number of halogens is 1. The fourth-order valence-electron chi connectivity index (χ4n) is 1.62. The average Bonchev–Trinajstić information content (AvgIpc) is 2.24. The molecule has 0 aliphatic carbocycles. The Morgan fingerprint density at radius 2 is 2.12 bits per heavy atom. The number of aromatic nitrogens is 1. The highest BCUT2D eigenvalue weighted by atomic mass is 79.9. The van der Waals surface area contributed by atoms with Gasteiger partial charge in [0.15, 0.2) is 9.84 Å². The fourth-order valence-corrected chi connectivity index (χ4v) is 2.86. The molecule has 0 saturated carbocycles. The molecule has 0 aliphatic rings. The van der Waals surface area contributed by atoms with Gasteiger partial charge >= 0.3 is 0 Å². The molecule has 1 N–H and O–H groups in total. The lowest BCUT2D eigenvalue weighted by Crippen LogP contribution is -2.41. The molecule has 1 aromatic heterocycles. The zero-order valence-corrected chi connectivity index (χ0v) is 12.5. The van der Waals surface area contributed by atoms with Crippen molar-refractivity contribution in [3.05, 3.63) is 28.5 Å². The first-order valence-corrected chi connectivity index (χ1v) is 8.05. The SMILES string of the molecule is CNC(Cc1cncc(Br)c1)C(C)S(C)(=O)=O. The van der Waals surface area contributed by atoms with Gasteiger partial charge in [0.05, 0.1) is 5.25 Å². The first-order valence-electron chi connectivity index (χ1n) is 5.30. The number of hydrogen-bond acceptors (Lipinski definition) is 4. The number of pyridine rings is 1. The maximum Gasteiger partial charge on any atom is 0.151 e. The Kier molecular flexibility index (Phi) is 5.09. The lowest BCUT2D eigenvalue weighted by atomic mass is 10.1. The first-order chi connectivity index (χ1) is 7.84. The second kappa shape index (κ2) is 5.93. The van der Waals surface area contributed by atoms with E-state index in [1.165, 1.54) is 6.26 Å². The summed E-state index contributed by atoms with van der Waals surface area (Å²) in [4.78, 5) is 4.07. The van der Waals surface area contributed by atoms with E-state index >= 15 is 0 Å². The molecule has 0 spiro atoms. The van der Waals surface area contributed by atoms with Gasteiger partial charge in [-0.25, -0.2) is 8.42 Å². The smallest absolute Gasteiger partial charge is 0.151 e. The minimum Gasteiger partial charge on any atom is -0.315 e. The summed E-state index contributed by atoms with van der Waals surface area (Å²) in [5, 5.41) is 2.63. The van der Waals surface area contributed by atoms with Crippen LogP contribution in [-0.2, 0) is 16.3 Å². The number of nitrogens with zero attached hydrogens (tertiary/aromatic N) is 1. The van der Waals surface area contributed by atoms with Gasteiger partial charge in [-0.05, 0) is 48.0 Å². The monoisotopic (exact) mass is 320 g/mol. The van der Waals surface area contributed by atoms with Gasteiger partial charge in [0.1, 0.15) is 0 Å². The Hall–Kier alpha value is -0.460. The summed E-state index contributed by atoms with van der Waals surface area (Å²) in [6.45, 7) is 1.72. The largest absolute Gasteiger partial charge is 0.315 e. The standard InChI is InChI=1S/C11H17BrN2O2S/c1-8(17(3,15)16)11(13-2)5-9-4-10(12)7-14-6-9/h4,6-8,11,13H,5H2,1-3H3. The third-order valence-corrected chi connectivity index (χ3v) is 4.94. The Morgan fingerprint density at radius 1 is 1.47 bits per heavy atom. The lowest BCUT2D eigenvalue weighted by molar-refractivity contribution is 0.516. The van der Waals surface area contributed by atoms with Crippen LogP contribution in [0.4, 0.5) is 0 Å². The summed E-state index contributed by atoms with van der Waals surface area (Å²) >= 11 is 3.35. The van der Waals surface area contributed by atoms with E-state index in [4.69, 9.17) is 0 Å². The van der Waals surface area contributed by atoms with E-state index < -0.39 is 15.1 Å². The molecule has 0 bridgehead atoms. The zero-order chi connectivity index (χ0) is 13.1. The summed E-state index contributed by atoms with van der Waals surface area (Å²) in [5.74, 6) is 0. The first kappa shape index (κ1) is 14.6. The van der Waals surface area contributed by atoms with E-state index in [1.807, 2.05) is 6.07 Å². The van der Waals surface area contributed by atoms with E-state index in [-0.39, 0.29) is 6.04 Å². The maximum absolute atomic E-state index is 11.5. The summed E-state index contributed by atoms with van der Waals surface area (Å²) < 4.78 is 23.9. The van der Waals surface area contributed by atoms with E-state index in [0.717, 1.165) is 10.0 Å². The second-order valence-corrected chi connectivity index (χ2v) is 7.46. The molecule has 2 unspecified atom stereocenters. The van der Waals surface area contributed by atoms with Gasteiger partial charge in [-0.3, -0.25) is 4.98 Å². The van der Waals surface area contributed by atoms with Crippen molar-refractivity contribution in [2.45, 2.75) is 24.6 Å². The highest BCUT2D eigenvalue weighted by molar-refractivity contribution is 9.10. The molecule has 0 amide bonds. The molecule has 0 radical (unpaired) electrons. The van der Waals surface area contributed by atoms with Crippen LogP contribution < -0.4 is 5.32 Å². The molecule has 17 heavy (non-hydrogen) atoms. The predicted octanol–water partition coefficient (Wildman–Crippen LogP) is 1.41. The fraction of sp³-hybridized carbons (Fsp3) is 0.545. The Morgan fingerprint density at radius 3 is 2.59 bits per heavy atom. The Balaban J connectivity index is 2.84. The lowest BCUT2D eigenvalue weighted by Gasteiger charge is -2.22. The number of rotatable bonds is 5. The minimum absolute atomic E-state index is 0.110. The topological polar surface area (TPSA) is 59.1 Å². The van der Waals surface area contributed by atoms with Crippen LogP contribution in [0.5, 0.6) is 0 Å². The molecular formula is C11H17BrN2O2S. The highest BCUT2D eigenvalue weighted by Gasteiger charge is 2.24. The number of sulfone groups is 1. The maximum atomic E-state index is 11.5. The molecule has 0 aliphatic heterocycles. The van der Waals surface area contributed by atoms with E-state index in [9.17, 15) is 8.42 Å². The third kappa shape index (κ3) is 4.37. The second-order valence-electron chi connectivity index (χ2n) is 4.15. The molecule has 96 valence electrons. The van der Waals surface area contributed by atoms with Gasteiger partial charge in [-0.1, -0.05) is 0 Å². The summed E-state index contributed by atoms with van der Waals surface area (Å²) in [6, 6.07) is 1.84. The zero-order valence-electron chi connectivity index (χ0n) is 10.1. The van der Waals surface area contributed by atoms with Crippen molar-refractivity contribution in [2.75, 3.05) is 13.3 Å². The summed E-state index contributed by atoms with van der Waals surface area (Å²) in [7, 11) is -1.26. The molecule has 0 saturated heterocycles. The van der Waals surface area contributed by atoms with Crippen LogP contribution in [0.3, 0.4) is 0 Å². The van der Waals surface area contributed by atoms with Crippen molar-refractivity contribution < 1.29 is 8.42 Å². The van der Waals surface area contributed by atoms with Crippen molar-refractivity contribution in [3.8, 4) is 0 Å². The third-order valence-electron chi connectivity index (χ3n) is 2.83. The van der Waals surface area contributed by atoms with Crippen LogP contribution in [-0.4, -0.2) is 38.0 Å². The Labute approximate surface area is 111 Å². The van der Waals surface area contributed by atoms with Crippen LogP contribution in [0, 0.1) is 0 Å². The van der Waals surface area contributed by atoms with E-state index in [0.29, 0.717) is 6.42 Å². The molecule has 2 atom stereocenters. The van der Waals surface area contributed by atoms with Crippen LogP contribution in [0.25, 0.3) is 0 Å². The Bertz CT molecular complexity index is 476. The molecule has 1 heterocycles. The van der Waals surface area contributed by atoms with E-state index in [1.54, 1.807) is 26.4 Å². The van der Waals surface area contributed by atoms with Crippen LogP contribution in [0.1, 0.15) is 12.5 Å². The molecule has 0 aromatic carbocycles. The van der Waals surface area contributed by atoms with Gasteiger partial charge in [-0.2, -0.15) is 0 Å². The normalized spacial score (nSPS) is 15.5. The predicted molar refractivity (Wildman–Crippen MR) is 72.8 cm³/mol. The molecule has 6 heteroatoms. The quantitative estimate of drug-likeness (QED) is 0.891. The highest BCUT2D eigenvalue weighted by Crippen LogP contribution is 2.14. The van der Waals surface area contributed by atoms with Gasteiger partial charge in [0.2, 0.25) is 0 Å². The van der Waals surface area contributed by atoms with Crippen molar-refractivity contribution in [1.82, 2.24) is 10.3 Å². The van der Waals surface area contributed by atoms with Crippen LogP contribution in [0.15, 0.2) is 22.9 Å². The number of nitrogens with one attached hydrogen (secondary N) is 1. The number of likely N-dealkylation sites (N-methyl/N-ethyl adjacent to an activating group) is 1. The van der Waals surface area contributed by atoms with Crippen LogP contribution in [0.2, 0.25) is 0 Å². The van der Waals surface area contributed by atoms with Crippen molar-refractivity contribution in [2.24, 2.45) is 0 Å². The van der Waals surface area contributed by atoms with Gasteiger partial charge in [0, 0.05) is 29.2 Å². The molecule has 4 nitrogen and oxygen atoms in total. The van der Waals surface area contributed by atoms with Crippen molar-refractivity contribution >= 4 is 25.8 Å². The molecule has 1 aromatic rings. The summed E-state index contributed by atoms with van der Waals surface area (Å²) in [6.07, 6.45) is 5.36. The molecule has 1 rings (SSSR count). The molecule has 0 fully saturated rings. The number of hydrogen-bond donors (Lipinski definition) is 1. The average molecular weight is 321 g/mol. The van der Waals surface area contributed by atoms with E-state index in [2.05, 4.69) is 26.2 Å². The summed E-state index contributed by atoms with van der Waals surface area (Å²) in [5.41, 5.74) is 1.01. The van der Waals surface area contributed by atoms with Crippen LogP contribution >= 0.6 is 15.9 Å². The van der Waals surface area contributed by atoms with Gasteiger partial charge < -0.3 is 5.32 Å². The van der Waals surface area contributed by atoms with Crippen molar-refractivity contribution in [1.29, 1.82) is 0 Å². The van der Waals surface area contributed by atoms with Crippen molar-refractivity contribution in [3.63, 3.8) is 0 Å². The van der Waals surface area contributed by atoms with Gasteiger partial charge in [-0.15, -0.1) is 0 Å². The molecular weight excluding hydrogens is 304 g/mol. The minimum atomic E-state index is -3.04.